The van der Waals surface area contributed by atoms with E-state index < -0.39 is 5.25 Å². The Bertz CT molecular complexity index is 894. The van der Waals surface area contributed by atoms with Crippen molar-refractivity contribution in [2.24, 2.45) is 0 Å². The van der Waals surface area contributed by atoms with Crippen LogP contribution >= 0.6 is 11.8 Å². The van der Waals surface area contributed by atoms with Crippen LogP contribution in [-0.2, 0) is 15.0 Å². The zero-order valence-electron chi connectivity index (χ0n) is 16.2. The summed E-state index contributed by atoms with van der Waals surface area (Å²) in [5, 5.41) is 5.52. The number of anilines is 1. The van der Waals surface area contributed by atoms with E-state index >= 15 is 0 Å². The van der Waals surface area contributed by atoms with Crippen molar-refractivity contribution in [3.63, 3.8) is 0 Å². The molecule has 2 amide bonds. The van der Waals surface area contributed by atoms with E-state index in [1.807, 2.05) is 36.4 Å². The van der Waals surface area contributed by atoms with Gasteiger partial charge in [0.1, 0.15) is 5.82 Å². The summed E-state index contributed by atoms with van der Waals surface area (Å²) in [5.41, 5.74) is 1.73. The third kappa shape index (κ3) is 4.47. The standard InChI is InChI=1S/C23H25FN2O2S/c24-17-10-8-16(9-11-17)23(12-4-1-5-13-23)15-25-21(27)14-20-22(28)26-18-6-2-3-7-19(18)29-20/h2-3,6-11,20H,1,4-5,12-15H2,(H,25,27)(H,26,28). The Hall–Kier alpha value is -2.34. The van der Waals surface area contributed by atoms with Crippen LogP contribution in [0.25, 0.3) is 0 Å². The number of carbonyl (C=O) groups excluding carboxylic acids is 2. The number of benzene rings is 2. The molecule has 1 saturated carbocycles. The summed E-state index contributed by atoms with van der Waals surface area (Å²) >= 11 is 1.44. The molecule has 4 nitrogen and oxygen atoms in total. The van der Waals surface area contributed by atoms with Gasteiger partial charge in [-0.05, 0) is 42.7 Å². The van der Waals surface area contributed by atoms with E-state index in [-0.39, 0.29) is 29.5 Å². The van der Waals surface area contributed by atoms with Gasteiger partial charge in [-0.2, -0.15) is 0 Å². The SMILES string of the molecule is O=C(CC1Sc2ccccc2NC1=O)NCC1(c2ccc(F)cc2)CCCCC1. The van der Waals surface area contributed by atoms with Gasteiger partial charge in [0.25, 0.3) is 0 Å². The summed E-state index contributed by atoms with van der Waals surface area (Å²) in [6.45, 7) is 0.521. The zero-order chi connectivity index (χ0) is 20.3. The third-order valence-electron chi connectivity index (χ3n) is 5.97. The second-order valence-corrected chi connectivity index (χ2v) is 9.17. The fourth-order valence-corrected chi connectivity index (χ4v) is 5.45. The van der Waals surface area contributed by atoms with Gasteiger partial charge in [0, 0.05) is 23.3 Å². The number of halogens is 1. The van der Waals surface area contributed by atoms with E-state index in [1.165, 1.54) is 30.3 Å². The highest BCUT2D eigenvalue weighted by atomic mass is 32.2. The quantitative estimate of drug-likeness (QED) is 0.752. The van der Waals surface area contributed by atoms with Gasteiger partial charge in [-0.1, -0.05) is 43.5 Å². The molecule has 0 radical (unpaired) electrons. The van der Waals surface area contributed by atoms with Crippen LogP contribution in [0, 0.1) is 5.82 Å². The molecule has 2 aliphatic rings. The van der Waals surface area contributed by atoms with Crippen molar-refractivity contribution in [3.8, 4) is 0 Å². The van der Waals surface area contributed by atoms with Crippen molar-refractivity contribution in [3.05, 3.63) is 59.9 Å². The predicted octanol–water partition coefficient (Wildman–Crippen LogP) is 4.65. The topological polar surface area (TPSA) is 58.2 Å². The average molecular weight is 413 g/mol. The molecule has 0 saturated heterocycles. The number of hydrogen-bond donors (Lipinski definition) is 2. The lowest BCUT2D eigenvalue weighted by Crippen LogP contribution is -2.43. The molecule has 2 aromatic carbocycles. The van der Waals surface area contributed by atoms with Gasteiger partial charge in [-0.25, -0.2) is 4.39 Å². The number of fused-ring (bicyclic) bond motifs is 1. The minimum absolute atomic E-state index is 0.121. The number of amides is 2. The van der Waals surface area contributed by atoms with Crippen LogP contribution in [0.3, 0.4) is 0 Å². The minimum Gasteiger partial charge on any atom is -0.355 e. The molecule has 29 heavy (non-hydrogen) atoms. The largest absolute Gasteiger partial charge is 0.355 e. The van der Waals surface area contributed by atoms with Gasteiger partial charge in [-0.15, -0.1) is 11.8 Å². The Morgan fingerprint density at radius 3 is 2.59 bits per heavy atom. The van der Waals surface area contributed by atoms with Crippen LogP contribution in [-0.4, -0.2) is 23.6 Å². The Morgan fingerprint density at radius 1 is 1.10 bits per heavy atom. The van der Waals surface area contributed by atoms with Gasteiger partial charge in [0.2, 0.25) is 11.8 Å². The molecule has 1 aliphatic heterocycles. The Labute approximate surface area is 174 Å². The number of thioether (sulfide) groups is 1. The number of carbonyl (C=O) groups is 2. The van der Waals surface area contributed by atoms with Crippen LogP contribution in [0.15, 0.2) is 53.4 Å². The summed E-state index contributed by atoms with van der Waals surface area (Å²) < 4.78 is 13.4. The Morgan fingerprint density at radius 2 is 1.83 bits per heavy atom. The van der Waals surface area contributed by atoms with E-state index in [0.717, 1.165) is 41.8 Å². The lowest BCUT2D eigenvalue weighted by molar-refractivity contribution is -0.124. The number of para-hydroxylation sites is 1. The van der Waals surface area contributed by atoms with Crippen LogP contribution in [0.1, 0.15) is 44.1 Å². The van der Waals surface area contributed by atoms with Gasteiger partial charge < -0.3 is 10.6 Å². The molecule has 1 heterocycles. The molecule has 1 fully saturated rings. The van der Waals surface area contributed by atoms with Gasteiger partial charge in [0.15, 0.2) is 0 Å². The predicted molar refractivity (Wildman–Crippen MR) is 114 cm³/mol. The fraction of sp³-hybridized carbons (Fsp3) is 0.391. The first-order valence-corrected chi connectivity index (χ1v) is 11.0. The lowest BCUT2D eigenvalue weighted by Gasteiger charge is -2.38. The second kappa shape index (κ2) is 8.57. The van der Waals surface area contributed by atoms with E-state index in [4.69, 9.17) is 0 Å². The van der Waals surface area contributed by atoms with Gasteiger partial charge in [-0.3, -0.25) is 9.59 Å². The first-order chi connectivity index (χ1) is 14.1. The molecule has 0 aromatic heterocycles. The summed E-state index contributed by atoms with van der Waals surface area (Å²) in [4.78, 5) is 26.0. The monoisotopic (exact) mass is 412 g/mol. The maximum Gasteiger partial charge on any atom is 0.238 e. The highest BCUT2D eigenvalue weighted by Gasteiger charge is 2.35. The Kier molecular flexibility index (Phi) is 5.90. The van der Waals surface area contributed by atoms with Crippen molar-refractivity contribution >= 4 is 29.3 Å². The molecule has 2 aromatic rings. The van der Waals surface area contributed by atoms with Crippen molar-refractivity contribution in [2.75, 3.05) is 11.9 Å². The smallest absolute Gasteiger partial charge is 0.238 e. The van der Waals surface area contributed by atoms with Crippen molar-refractivity contribution in [1.82, 2.24) is 5.32 Å². The summed E-state index contributed by atoms with van der Waals surface area (Å²) in [5.74, 6) is -0.497. The Balaban J connectivity index is 1.41. The van der Waals surface area contributed by atoms with Crippen molar-refractivity contribution in [1.29, 1.82) is 0 Å². The number of hydrogen-bond acceptors (Lipinski definition) is 3. The highest BCUT2D eigenvalue weighted by molar-refractivity contribution is 8.01. The first-order valence-electron chi connectivity index (χ1n) is 10.2. The molecule has 6 heteroatoms. The van der Waals surface area contributed by atoms with Crippen LogP contribution in [0.5, 0.6) is 0 Å². The third-order valence-corrected chi connectivity index (χ3v) is 7.24. The average Bonchev–Trinajstić information content (AvgIpc) is 2.74. The summed E-state index contributed by atoms with van der Waals surface area (Å²) in [6, 6.07) is 14.3. The fourth-order valence-electron chi connectivity index (χ4n) is 4.33. The molecule has 4 rings (SSSR count). The van der Waals surface area contributed by atoms with Crippen LogP contribution in [0.4, 0.5) is 10.1 Å². The molecule has 1 aliphatic carbocycles. The molecular weight excluding hydrogens is 387 g/mol. The van der Waals surface area contributed by atoms with Gasteiger partial charge >= 0.3 is 0 Å². The van der Waals surface area contributed by atoms with Crippen LogP contribution < -0.4 is 10.6 Å². The van der Waals surface area contributed by atoms with Gasteiger partial charge in [0.05, 0.1) is 10.9 Å². The molecule has 0 spiro atoms. The molecule has 1 atom stereocenters. The molecule has 152 valence electrons. The molecule has 2 N–H and O–H groups in total. The highest BCUT2D eigenvalue weighted by Crippen LogP contribution is 2.39. The molecular formula is C23H25FN2O2S. The number of nitrogens with one attached hydrogen (secondary N) is 2. The van der Waals surface area contributed by atoms with Crippen molar-refractivity contribution in [2.45, 2.75) is 54.1 Å². The molecule has 0 bridgehead atoms. The second-order valence-electron chi connectivity index (χ2n) is 7.92. The van der Waals surface area contributed by atoms with E-state index in [2.05, 4.69) is 10.6 Å². The number of rotatable bonds is 5. The van der Waals surface area contributed by atoms with Crippen molar-refractivity contribution < 1.29 is 14.0 Å². The first kappa shape index (κ1) is 20.0. The lowest BCUT2D eigenvalue weighted by atomic mass is 9.69. The van der Waals surface area contributed by atoms with E-state index in [1.54, 1.807) is 0 Å². The zero-order valence-corrected chi connectivity index (χ0v) is 17.1. The van der Waals surface area contributed by atoms with Crippen LogP contribution in [0.2, 0.25) is 0 Å². The van der Waals surface area contributed by atoms with E-state index in [0.29, 0.717) is 6.54 Å². The maximum absolute atomic E-state index is 13.4. The minimum atomic E-state index is -0.432. The summed E-state index contributed by atoms with van der Waals surface area (Å²) in [6.07, 6.45) is 5.49. The maximum atomic E-state index is 13.4. The summed E-state index contributed by atoms with van der Waals surface area (Å²) in [7, 11) is 0. The normalized spacial score (nSPS) is 20.4. The molecule has 1 unspecified atom stereocenters. The van der Waals surface area contributed by atoms with E-state index in [9.17, 15) is 14.0 Å².